The fraction of sp³-hybridized carbons (Fsp3) is 0.143. The first-order chi connectivity index (χ1) is 19.0. The molecular formula is C28H25F3N6O3. The highest BCUT2D eigenvalue weighted by molar-refractivity contribution is 6.07. The van der Waals surface area contributed by atoms with E-state index in [-0.39, 0.29) is 29.2 Å². The summed E-state index contributed by atoms with van der Waals surface area (Å²) in [6.07, 6.45) is -4.81. The first-order valence-corrected chi connectivity index (χ1v) is 12.1. The van der Waals surface area contributed by atoms with E-state index in [1.54, 1.807) is 42.5 Å². The molecule has 0 fully saturated rings. The number of nitrogens with one attached hydrogen (secondary N) is 3. The molecule has 4 aromatic rings. The maximum absolute atomic E-state index is 13.6. The van der Waals surface area contributed by atoms with E-state index in [4.69, 9.17) is 5.73 Å². The molecule has 40 heavy (non-hydrogen) atoms. The Hall–Kier alpha value is -4.97. The van der Waals surface area contributed by atoms with E-state index < -0.39 is 35.6 Å². The molecule has 0 spiro atoms. The van der Waals surface area contributed by atoms with Gasteiger partial charge in [-0.05, 0) is 55.0 Å². The largest absolute Gasteiger partial charge is 0.435 e. The summed E-state index contributed by atoms with van der Waals surface area (Å²) in [5.41, 5.74) is 5.62. The molecule has 5 N–H and O–H groups in total. The number of anilines is 2. The molecule has 0 aliphatic heterocycles. The van der Waals surface area contributed by atoms with E-state index in [9.17, 15) is 27.6 Å². The lowest BCUT2D eigenvalue weighted by Gasteiger charge is -2.12. The molecule has 9 nitrogen and oxygen atoms in total. The lowest BCUT2D eigenvalue weighted by Crippen LogP contribution is -2.37. The summed E-state index contributed by atoms with van der Waals surface area (Å²) in [6.45, 7) is 1.59. The van der Waals surface area contributed by atoms with E-state index >= 15 is 0 Å². The van der Waals surface area contributed by atoms with Crippen LogP contribution in [0.3, 0.4) is 0 Å². The van der Waals surface area contributed by atoms with Crippen molar-refractivity contribution in [1.29, 1.82) is 0 Å². The second-order valence-corrected chi connectivity index (χ2v) is 8.86. The normalized spacial score (nSPS) is 11.9. The molecule has 1 atom stereocenters. The number of benzene rings is 3. The predicted octanol–water partition coefficient (Wildman–Crippen LogP) is 4.36. The molecule has 1 heterocycles. The number of hydrogen-bond acceptors (Lipinski definition) is 5. The molecule has 0 aliphatic carbocycles. The number of amides is 3. The lowest BCUT2D eigenvalue weighted by atomic mass is 10.1. The van der Waals surface area contributed by atoms with E-state index in [1.165, 1.54) is 43.3 Å². The van der Waals surface area contributed by atoms with Crippen molar-refractivity contribution in [3.05, 3.63) is 107 Å². The topological polar surface area (TPSA) is 131 Å². The van der Waals surface area contributed by atoms with Crippen molar-refractivity contribution in [2.24, 2.45) is 5.73 Å². The van der Waals surface area contributed by atoms with Crippen molar-refractivity contribution in [2.75, 3.05) is 10.6 Å². The van der Waals surface area contributed by atoms with Gasteiger partial charge in [0.1, 0.15) is 5.69 Å². The molecule has 0 aliphatic rings. The van der Waals surface area contributed by atoms with Crippen LogP contribution in [-0.4, -0.2) is 33.5 Å². The Morgan fingerprint density at radius 1 is 0.875 bits per heavy atom. The second kappa shape index (κ2) is 11.8. The first-order valence-electron chi connectivity index (χ1n) is 12.1. The summed E-state index contributed by atoms with van der Waals surface area (Å²) >= 11 is 0. The number of carbonyl (C=O) groups excluding carboxylic acids is 3. The van der Waals surface area contributed by atoms with Crippen LogP contribution in [0.25, 0.3) is 5.69 Å². The SMILES string of the molecule is C[C@H](N)C(=O)NCc1cccc(-n2nc(C(F)(F)F)cc2C(=O)Nc2cccc(C(=O)Nc3ccccc3)c2)c1. The maximum atomic E-state index is 13.6. The molecule has 3 aromatic carbocycles. The Bertz CT molecular complexity index is 1530. The number of rotatable bonds is 8. The van der Waals surface area contributed by atoms with Crippen LogP contribution in [0.4, 0.5) is 24.5 Å². The van der Waals surface area contributed by atoms with E-state index in [0.29, 0.717) is 17.3 Å². The number of carbonyl (C=O) groups is 3. The Morgan fingerprint density at radius 3 is 2.25 bits per heavy atom. The molecule has 0 unspecified atom stereocenters. The van der Waals surface area contributed by atoms with Crippen molar-refractivity contribution in [1.82, 2.24) is 15.1 Å². The molecule has 4 rings (SSSR count). The van der Waals surface area contributed by atoms with Crippen molar-refractivity contribution < 1.29 is 27.6 Å². The van der Waals surface area contributed by atoms with Gasteiger partial charge in [0.2, 0.25) is 5.91 Å². The minimum Gasteiger partial charge on any atom is -0.351 e. The average Bonchev–Trinajstić information content (AvgIpc) is 3.39. The van der Waals surface area contributed by atoms with Gasteiger partial charge in [-0.25, -0.2) is 4.68 Å². The highest BCUT2D eigenvalue weighted by atomic mass is 19.4. The number of aromatic nitrogens is 2. The number of hydrogen-bond donors (Lipinski definition) is 4. The molecule has 1 aromatic heterocycles. The standard InChI is InChI=1S/C28H25F3N6O3/c1-17(32)25(38)33-16-18-7-5-12-22(13-18)37-23(15-24(36-37)28(29,30)31)27(40)35-21-11-6-8-19(14-21)26(39)34-20-9-3-2-4-10-20/h2-15,17H,16,32H2,1H3,(H,33,38)(H,34,39)(H,35,40)/t17-/m0/s1. The van der Waals surface area contributed by atoms with Crippen LogP contribution in [0.5, 0.6) is 0 Å². The van der Waals surface area contributed by atoms with Crippen LogP contribution in [0.2, 0.25) is 0 Å². The number of alkyl halides is 3. The van der Waals surface area contributed by atoms with E-state index in [0.717, 1.165) is 4.68 Å². The van der Waals surface area contributed by atoms with Crippen molar-refractivity contribution in [2.45, 2.75) is 25.7 Å². The third-order valence-corrected chi connectivity index (χ3v) is 5.68. The Morgan fingerprint density at radius 2 is 1.55 bits per heavy atom. The summed E-state index contributed by atoms with van der Waals surface area (Å²) in [5, 5.41) is 11.5. The summed E-state index contributed by atoms with van der Waals surface area (Å²) in [4.78, 5) is 37.6. The maximum Gasteiger partial charge on any atom is 0.435 e. The summed E-state index contributed by atoms with van der Waals surface area (Å²) in [6, 6.07) is 20.8. The van der Waals surface area contributed by atoms with Gasteiger partial charge in [-0.15, -0.1) is 0 Å². The molecule has 3 amide bonds. The van der Waals surface area contributed by atoms with E-state index in [1.807, 2.05) is 0 Å². The first kappa shape index (κ1) is 28.0. The van der Waals surface area contributed by atoms with Crippen LogP contribution >= 0.6 is 0 Å². The van der Waals surface area contributed by atoms with Crippen molar-refractivity contribution >= 4 is 29.1 Å². The number of nitrogens with zero attached hydrogens (tertiary/aromatic N) is 2. The lowest BCUT2D eigenvalue weighted by molar-refractivity contribution is -0.141. The third-order valence-electron chi connectivity index (χ3n) is 5.68. The minimum atomic E-state index is -4.81. The van der Waals surface area contributed by atoms with Gasteiger partial charge in [0.25, 0.3) is 11.8 Å². The monoisotopic (exact) mass is 550 g/mol. The van der Waals surface area contributed by atoms with Crippen LogP contribution in [-0.2, 0) is 17.5 Å². The van der Waals surface area contributed by atoms with Crippen LogP contribution < -0.4 is 21.7 Å². The van der Waals surface area contributed by atoms with Gasteiger partial charge >= 0.3 is 6.18 Å². The summed E-state index contributed by atoms with van der Waals surface area (Å²) in [5.74, 6) is -1.71. The zero-order valence-corrected chi connectivity index (χ0v) is 21.2. The van der Waals surface area contributed by atoms with Gasteiger partial charge in [0.05, 0.1) is 11.7 Å². The van der Waals surface area contributed by atoms with Crippen LogP contribution in [0, 0.1) is 0 Å². The van der Waals surface area contributed by atoms with Crippen molar-refractivity contribution in [3.8, 4) is 5.69 Å². The quantitative estimate of drug-likeness (QED) is 0.259. The summed E-state index contributed by atoms with van der Waals surface area (Å²) < 4.78 is 41.6. The molecule has 0 bridgehead atoms. The molecule has 206 valence electrons. The van der Waals surface area contributed by atoms with Gasteiger partial charge in [0.15, 0.2) is 5.69 Å². The zero-order valence-electron chi connectivity index (χ0n) is 21.2. The van der Waals surface area contributed by atoms with Gasteiger partial charge < -0.3 is 21.7 Å². The fourth-order valence-electron chi connectivity index (χ4n) is 3.68. The summed E-state index contributed by atoms with van der Waals surface area (Å²) in [7, 11) is 0. The Balaban J connectivity index is 1.59. The van der Waals surface area contributed by atoms with Gasteiger partial charge in [0, 0.05) is 29.5 Å². The number of para-hydroxylation sites is 1. The molecule has 0 saturated carbocycles. The molecule has 0 saturated heterocycles. The highest BCUT2D eigenvalue weighted by Gasteiger charge is 2.36. The smallest absolute Gasteiger partial charge is 0.351 e. The molecule has 12 heteroatoms. The zero-order chi connectivity index (χ0) is 28.9. The third kappa shape index (κ3) is 6.91. The van der Waals surface area contributed by atoms with Gasteiger partial charge in [-0.2, -0.15) is 18.3 Å². The Kier molecular flexibility index (Phi) is 8.29. The number of halogens is 3. The Labute approximate surface area is 227 Å². The minimum absolute atomic E-state index is 0.0704. The average molecular weight is 551 g/mol. The van der Waals surface area contributed by atoms with E-state index in [2.05, 4.69) is 21.0 Å². The predicted molar refractivity (Wildman–Crippen MR) is 143 cm³/mol. The fourth-order valence-corrected chi connectivity index (χ4v) is 3.68. The van der Waals surface area contributed by atoms with Crippen LogP contribution in [0.15, 0.2) is 84.9 Å². The van der Waals surface area contributed by atoms with Crippen LogP contribution in [0.1, 0.15) is 39.0 Å². The second-order valence-electron chi connectivity index (χ2n) is 8.86. The molecular weight excluding hydrogens is 525 g/mol. The van der Waals surface area contributed by atoms with Gasteiger partial charge in [-0.1, -0.05) is 36.4 Å². The van der Waals surface area contributed by atoms with Gasteiger partial charge in [-0.3, -0.25) is 14.4 Å². The number of nitrogens with two attached hydrogens (primary N) is 1. The van der Waals surface area contributed by atoms with Crippen molar-refractivity contribution in [3.63, 3.8) is 0 Å². The molecule has 0 radical (unpaired) electrons. The highest BCUT2D eigenvalue weighted by Crippen LogP contribution is 2.30.